The zero-order valence-electron chi connectivity index (χ0n) is 9.79. The van der Waals surface area contributed by atoms with Gasteiger partial charge in [0.2, 0.25) is 5.91 Å². The maximum absolute atomic E-state index is 10.7. The van der Waals surface area contributed by atoms with E-state index >= 15 is 0 Å². The van der Waals surface area contributed by atoms with Gasteiger partial charge in [-0.15, -0.1) is 0 Å². The van der Waals surface area contributed by atoms with E-state index in [-0.39, 0.29) is 11.9 Å². The minimum absolute atomic E-state index is 0.00101. The Morgan fingerprint density at radius 2 is 2.06 bits per heavy atom. The summed E-state index contributed by atoms with van der Waals surface area (Å²) < 4.78 is 0. The number of carbonyl (C=O) groups excluding carboxylic acids is 1. The number of rotatable bonds is 4. The molecule has 1 aliphatic carbocycles. The number of hydrogen-bond donors (Lipinski definition) is 3. The number of hydrogen-bond acceptors (Lipinski definition) is 2. The number of primary amides is 1. The SMILES string of the molecule is CC(CC(N)=O)NC(=S)NC1CCCCC1. The number of nitrogens with one attached hydrogen (secondary N) is 2. The Morgan fingerprint density at radius 3 is 2.62 bits per heavy atom. The molecule has 0 aromatic heterocycles. The molecule has 1 saturated carbocycles. The highest BCUT2D eigenvalue weighted by Gasteiger charge is 2.15. The maximum atomic E-state index is 10.7. The van der Waals surface area contributed by atoms with Crippen LogP contribution in [0.1, 0.15) is 45.4 Å². The van der Waals surface area contributed by atoms with Crippen LogP contribution in [0.25, 0.3) is 0 Å². The van der Waals surface area contributed by atoms with E-state index in [9.17, 15) is 4.79 Å². The highest BCUT2D eigenvalue weighted by molar-refractivity contribution is 7.80. The molecule has 0 aromatic carbocycles. The van der Waals surface area contributed by atoms with E-state index < -0.39 is 0 Å². The van der Waals surface area contributed by atoms with Crippen molar-refractivity contribution in [3.63, 3.8) is 0 Å². The third-order valence-electron chi connectivity index (χ3n) is 2.83. The van der Waals surface area contributed by atoms with Crippen LogP contribution in [0.2, 0.25) is 0 Å². The molecule has 0 spiro atoms. The molecule has 1 aliphatic rings. The summed E-state index contributed by atoms with van der Waals surface area (Å²) >= 11 is 5.19. The zero-order chi connectivity index (χ0) is 12.0. The third kappa shape index (κ3) is 5.30. The van der Waals surface area contributed by atoms with Gasteiger partial charge in [-0.1, -0.05) is 19.3 Å². The van der Waals surface area contributed by atoms with Gasteiger partial charge in [-0.3, -0.25) is 4.79 Å². The van der Waals surface area contributed by atoms with Crippen molar-refractivity contribution < 1.29 is 4.79 Å². The summed E-state index contributed by atoms with van der Waals surface area (Å²) in [6.07, 6.45) is 6.56. The van der Waals surface area contributed by atoms with Gasteiger partial charge in [0.05, 0.1) is 0 Å². The van der Waals surface area contributed by atoms with Crippen LogP contribution in [0.3, 0.4) is 0 Å². The van der Waals surface area contributed by atoms with Crippen LogP contribution in [0, 0.1) is 0 Å². The van der Waals surface area contributed by atoms with Gasteiger partial charge in [-0.2, -0.15) is 0 Å². The second-order valence-corrected chi connectivity index (χ2v) is 4.93. The minimum Gasteiger partial charge on any atom is -0.370 e. The standard InChI is InChI=1S/C11H21N3OS/c1-8(7-10(12)15)13-11(16)14-9-5-3-2-4-6-9/h8-9H,2-7H2,1H3,(H2,12,15)(H2,13,14,16). The lowest BCUT2D eigenvalue weighted by Gasteiger charge is -2.25. The molecule has 92 valence electrons. The normalized spacial score (nSPS) is 18.8. The van der Waals surface area contributed by atoms with E-state index in [4.69, 9.17) is 18.0 Å². The van der Waals surface area contributed by atoms with Gasteiger partial charge in [0, 0.05) is 18.5 Å². The van der Waals surface area contributed by atoms with E-state index in [0.29, 0.717) is 17.6 Å². The van der Waals surface area contributed by atoms with Crippen molar-refractivity contribution in [2.45, 2.75) is 57.5 Å². The molecule has 5 heteroatoms. The Labute approximate surface area is 102 Å². The lowest BCUT2D eigenvalue weighted by molar-refractivity contribution is -0.118. The smallest absolute Gasteiger partial charge is 0.219 e. The van der Waals surface area contributed by atoms with Crippen molar-refractivity contribution in [2.75, 3.05) is 0 Å². The van der Waals surface area contributed by atoms with Crippen LogP contribution in [-0.4, -0.2) is 23.1 Å². The molecule has 0 heterocycles. The van der Waals surface area contributed by atoms with Crippen molar-refractivity contribution in [1.82, 2.24) is 10.6 Å². The van der Waals surface area contributed by atoms with Crippen LogP contribution in [0.15, 0.2) is 0 Å². The van der Waals surface area contributed by atoms with Crippen LogP contribution < -0.4 is 16.4 Å². The van der Waals surface area contributed by atoms with Gasteiger partial charge in [-0.25, -0.2) is 0 Å². The average Bonchev–Trinajstić information content (AvgIpc) is 2.17. The van der Waals surface area contributed by atoms with E-state index in [1.54, 1.807) is 0 Å². The predicted molar refractivity (Wildman–Crippen MR) is 69.0 cm³/mol. The third-order valence-corrected chi connectivity index (χ3v) is 3.06. The Bertz CT molecular complexity index is 252. The van der Waals surface area contributed by atoms with Crippen molar-refractivity contribution in [1.29, 1.82) is 0 Å². The molecule has 0 saturated heterocycles. The first kappa shape index (κ1) is 13.2. The van der Waals surface area contributed by atoms with E-state index in [1.165, 1.54) is 32.1 Å². The van der Waals surface area contributed by atoms with Crippen molar-refractivity contribution >= 4 is 23.2 Å². The Morgan fingerprint density at radius 1 is 1.44 bits per heavy atom. The molecule has 1 fully saturated rings. The molecule has 0 aliphatic heterocycles. The highest BCUT2D eigenvalue weighted by Crippen LogP contribution is 2.17. The molecular formula is C11H21N3OS. The van der Waals surface area contributed by atoms with Gasteiger partial charge < -0.3 is 16.4 Å². The quantitative estimate of drug-likeness (QED) is 0.646. The number of amides is 1. The van der Waals surface area contributed by atoms with Gasteiger partial charge in [0.1, 0.15) is 0 Å². The summed E-state index contributed by atoms with van der Waals surface area (Å²) in [5.74, 6) is -0.305. The van der Waals surface area contributed by atoms with Crippen LogP contribution in [0.5, 0.6) is 0 Å². The fourth-order valence-corrected chi connectivity index (χ4v) is 2.42. The lowest BCUT2D eigenvalue weighted by atomic mass is 9.96. The Balaban J connectivity index is 2.21. The molecule has 1 unspecified atom stereocenters. The average molecular weight is 243 g/mol. The molecule has 1 amide bonds. The second kappa shape index (κ2) is 6.68. The molecule has 16 heavy (non-hydrogen) atoms. The summed E-state index contributed by atoms with van der Waals surface area (Å²) in [6, 6.07) is 0.496. The maximum Gasteiger partial charge on any atom is 0.219 e. The van der Waals surface area contributed by atoms with Crippen molar-refractivity contribution in [3.8, 4) is 0 Å². The molecule has 1 atom stereocenters. The molecular weight excluding hydrogens is 222 g/mol. The van der Waals surface area contributed by atoms with Gasteiger partial charge in [-0.05, 0) is 32.0 Å². The van der Waals surface area contributed by atoms with Gasteiger partial charge >= 0.3 is 0 Å². The van der Waals surface area contributed by atoms with Crippen molar-refractivity contribution in [2.24, 2.45) is 5.73 Å². The van der Waals surface area contributed by atoms with E-state index in [1.807, 2.05) is 6.92 Å². The van der Waals surface area contributed by atoms with Crippen molar-refractivity contribution in [3.05, 3.63) is 0 Å². The molecule has 0 bridgehead atoms. The number of carbonyl (C=O) groups is 1. The van der Waals surface area contributed by atoms with Crippen LogP contribution >= 0.6 is 12.2 Å². The molecule has 4 N–H and O–H groups in total. The largest absolute Gasteiger partial charge is 0.370 e. The summed E-state index contributed by atoms with van der Waals surface area (Å²) in [5.41, 5.74) is 5.11. The first-order chi connectivity index (χ1) is 7.58. The van der Waals surface area contributed by atoms with Crippen LogP contribution in [-0.2, 0) is 4.79 Å². The Kier molecular flexibility index (Phi) is 5.52. The van der Waals surface area contributed by atoms with E-state index in [0.717, 1.165) is 0 Å². The summed E-state index contributed by atoms with van der Waals surface area (Å²) in [7, 11) is 0. The number of thiocarbonyl (C=S) groups is 1. The van der Waals surface area contributed by atoms with E-state index in [2.05, 4.69) is 10.6 Å². The topological polar surface area (TPSA) is 67.2 Å². The Hall–Kier alpha value is -0.840. The fourth-order valence-electron chi connectivity index (χ4n) is 2.05. The summed E-state index contributed by atoms with van der Waals surface area (Å²) in [4.78, 5) is 10.7. The second-order valence-electron chi connectivity index (χ2n) is 4.52. The molecule has 0 radical (unpaired) electrons. The van der Waals surface area contributed by atoms with Crippen LogP contribution in [0.4, 0.5) is 0 Å². The summed E-state index contributed by atoms with van der Waals surface area (Å²) in [6.45, 7) is 1.90. The van der Waals surface area contributed by atoms with Gasteiger partial charge in [0.15, 0.2) is 5.11 Å². The number of nitrogens with two attached hydrogens (primary N) is 1. The fraction of sp³-hybridized carbons (Fsp3) is 0.818. The lowest BCUT2D eigenvalue weighted by Crippen LogP contribution is -2.46. The molecule has 4 nitrogen and oxygen atoms in total. The highest BCUT2D eigenvalue weighted by atomic mass is 32.1. The monoisotopic (exact) mass is 243 g/mol. The minimum atomic E-state index is -0.305. The molecule has 1 rings (SSSR count). The summed E-state index contributed by atoms with van der Waals surface area (Å²) in [5, 5.41) is 7.01. The zero-order valence-corrected chi connectivity index (χ0v) is 10.6. The molecule has 0 aromatic rings. The first-order valence-corrected chi connectivity index (χ1v) is 6.34. The van der Waals surface area contributed by atoms with Gasteiger partial charge in [0.25, 0.3) is 0 Å². The predicted octanol–water partition coefficient (Wildman–Crippen LogP) is 1.05. The first-order valence-electron chi connectivity index (χ1n) is 5.93.